The fourth-order valence-corrected chi connectivity index (χ4v) is 4.64. The summed E-state index contributed by atoms with van der Waals surface area (Å²) >= 11 is 0. The lowest BCUT2D eigenvalue weighted by Crippen LogP contribution is -2.65. The molecule has 4 aromatic rings. The molecule has 4 heterocycles. The number of aldehydes is 1. The first-order valence-corrected chi connectivity index (χ1v) is 13.4. The largest absolute Gasteiger partial charge is 0.395 e. The van der Waals surface area contributed by atoms with Crippen LogP contribution in [0.3, 0.4) is 0 Å². The van der Waals surface area contributed by atoms with Crippen molar-refractivity contribution in [1.82, 2.24) is 40.7 Å². The molecule has 1 atom stereocenters. The number of nitrogens with zero attached hydrogens (tertiary/aromatic N) is 5. The molecule has 5 rings (SSSR count). The third kappa shape index (κ3) is 6.91. The number of hydrazine groups is 2. The van der Waals surface area contributed by atoms with Gasteiger partial charge in [0.05, 0.1) is 40.7 Å². The van der Waals surface area contributed by atoms with Crippen molar-refractivity contribution in [3.63, 3.8) is 0 Å². The molecular weight excluding hydrogens is 561 g/mol. The van der Waals surface area contributed by atoms with Gasteiger partial charge in [-0.25, -0.2) is 20.6 Å². The monoisotopic (exact) mass is 595 g/mol. The number of halogens is 1. The number of carbonyl (C=O) groups excluding carboxylic acids is 3. The first kappa shape index (κ1) is 31.4. The van der Waals surface area contributed by atoms with E-state index in [1.807, 2.05) is 35.2 Å². The molecule has 1 aliphatic rings. The molecule has 0 radical (unpaired) electrons. The highest BCUT2D eigenvalue weighted by atomic mass is 19.1. The number of H-pyrrole nitrogens is 2. The number of nitrogens with one attached hydrogen (secondary N) is 4. The van der Waals surface area contributed by atoms with Crippen LogP contribution in [0.15, 0.2) is 48.8 Å². The Kier molecular flexibility index (Phi) is 10.6. The number of rotatable bonds is 10. The highest BCUT2D eigenvalue weighted by Gasteiger charge is 2.33. The minimum absolute atomic E-state index is 0.0725. The third-order valence-corrected chi connectivity index (χ3v) is 6.84. The fraction of sp³-hybridized carbons (Fsp3) is 0.296. The Morgan fingerprint density at radius 3 is 2.53 bits per heavy atom. The van der Waals surface area contributed by atoms with Gasteiger partial charge in [0.25, 0.3) is 11.7 Å². The second-order valence-corrected chi connectivity index (χ2v) is 9.50. The van der Waals surface area contributed by atoms with Crippen LogP contribution < -0.4 is 27.4 Å². The molecule has 0 saturated carbocycles. The fourth-order valence-electron chi connectivity index (χ4n) is 4.64. The van der Waals surface area contributed by atoms with Gasteiger partial charge in [-0.1, -0.05) is 18.2 Å². The standard InChI is InChI=1S/C24H25FN10O3.C3H9NO/c25-17-12-29-20(18-10-14(13-36)31-32-18)21-19(17)16(11-28-21)22(37)23(38)33-6-8-34(9-7-33)24(30-26)35(27)15-4-2-1-3-5-15;1-4-2-3-5/h1-5,10-13,24,28,30H,6-9,26-27H2,(H,31,32);4-5H,2-3H2,1H3. The number of nitrogens with two attached hydrogens (primary N) is 2. The molecule has 16 heteroatoms. The van der Waals surface area contributed by atoms with Crippen LogP contribution in [-0.2, 0) is 4.79 Å². The summed E-state index contributed by atoms with van der Waals surface area (Å²) in [6, 6.07) is 10.7. The van der Waals surface area contributed by atoms with E-state index < -0.39 is 23.8 Å². The van der Waals surface area contributed by atoms with Crippen molar-refractivity contribution in [1.29, 1.82) is 0 Å². The van der Waals surface area contributed by atoms with Crippen LogP contribution in [0.25, 0.3) is 22.3 Å². The first-order chi connectivity index (χ1) is 20.8. The second-order valence-electron chi connectivity index (χ2n) is 9.50. The van der Waals surface area contributed by atoms with Gasteiger partial charge in [0.2, 0.25) is 0 Å². The quantitative estimate of drug-likeness (QED) is 0.0310. The van der Waals surface area contributed by atoms with Gasteiger partial charge in [-0.05, 0) is 25.2 Å². The van der Waals surface area contributed by atoms with Gasteiger partial charge in [0.15, 0.2) is 18.4 Å². The van der Waals surface area contributed by atoms with Crippen molar-refractivity contribution in [3.8, 4) is 11.4 Å². The van der Waals surface area contributed by atoms with Gasteiger partial charge in [0, 0.05) is 38.9 Å². The number of anilines is 1. The number of hydrogen-bond donors (Lipinski definition) is 7. The molecule has 1 unspecified atom stereocenters. The highest BCUT2D eigenvalue weighted by Crippen LogP contribution is 2.30. The van der Waals surface area contributed by atoms with E-state index in [1.54, 1.807) is 7.05 Å². The minimum atomic E-state index is -0.852. The number of aromatic amines is 2. The number of Topliss-reactive ketones (excluding diaryl/α,β-unsaturated/α-hetero) is 1. The Bertz CT molecular complexity index is 1530. The average Bonchev–Trinajstić information content (AvgIpc) is 3.71. The van der Waals surface area contributed by atoms with Crippen LogP contribution in [0.1, 0.15) is 20.8 Å². The molecule has 1 aliphatic heterocycles. The van der Waals surface area contributed by atoms with Gasteiger partial charge in [-0.15, -0.1) is 0 Å². The zero-order valence-electron chi connectivity index (χ0n) is 23.5. The van der Waals surface area contributed by atoms with E-state index in [-0.39, 0.29) is 53.2 Å². The molecule has 1 fully saturated rings. The number of carbonyl (C=O) groups is 3. The topological polar surface area (TPSA) is 215 Å². The third-order valence-electron chi connectivity index (χ3n) is 6.84. The lowest BCUT2D eigenvalue weighted by Gasteiger charge is -2.42. The van der Waals surface area contributed by atoms with Crippen LogP contribution in [0, 0.1) is 5.82 Å². The summed E-state index contributed by atoms with van der Waals surface area (Å²) < 4.78 is 14.8. The normalized spacial score (nSPS) is 14.2. The molecule has 1 aromatic carbocycles. The molecule has 9 N–H and O–H groups in total. The van der Waals surface area contributed by atoms with Crippen molar-refractivity contribution in [3.05, 3.63) is 65.9 Å². The summed E-state index contributed by atoms with van der Waals surface area (Å²) in [6.45, 7) is 2.19. The lowest BCUT2D eigenvalue weighted by atomic mass is 10.1. The predicted molar refractivity (Wildman–Crippen MR) is 157 cm³/mol. The smallest absolute Gasteiger partial charge is 0.295 e. The number of benzene rings is 1. The number of ketones is 1. The molecule has 0 spiro atoms. The number of pyridine rings is 1. The zero-order valence-corrected chi connectivity index (χ0v) is 23.5. The van der Waals surface area contributed by atoms with Crippen LogP contribution >= 0.6 is 0 Å². The first-order valence-electron chi connectivity index (χ1n) is 13.4. The van der Waals surface area contributed by atoms with Crippen LogP contribution in [0.2, 0.25) is 0 Å². The molecule has 43 heavy (non-hydrogen) atoms. The van der Waals surface area contributed by atoms with E-state index in [2.05, 4.69) is 30.9 Å². The number of aliphatic hydroxyl groups is 1. The summed E-state index contributed by atoms with van der Waals surface area (Å²) in [4.78, 5) is 47.6. The number of fused-ring (bicyclic) bond motifs is 1. The van der Waals surface area contributed by atoms with Crippen LogP contribution in [0.5, 0.6) is 0 Å². The Labute approximate surface area is 246 Å². The molecule has 1 saturated heterocycles. The lowest BCUT2D eigenvalue weighted by molar-refractivity contribution is -0.128. The zero-order chi connectivity index (χ0) is 30.9. The SMILES string of the molecule is CNCCO.NNC(N1CCN(C(=O)C(=O)c2c[nH]c3c(-c4cc(C=O)[nH]n4)ncc(F)c23)CC1)N(N)c1ccccc1. The van der Waals surface area contributed by atoms with E-state index in [1.165, 1.54) is 22.2 Å². The Balaban J connectivity index is 0.000000782. The van der Waals surface area contributed by atoms with Crippen molar-refractivity contribution in [2.75, 3.05) is 51.4 Å². The van der Waals surface area contributed by atoms with E-state index in [4.69, 9.17) is 16.8 Å². The molecule has 228 valence electrons. The molecule has 0 bridgehead atoms. The van der Waals surface area contributed by atoms with Crippen LogP contribution in [0.4, 0.5) is 10.1 Å². The summed E-state index contributed by atoms with van der Waals surface area (Å²) in [7, 11) is 1.80. The summed E-state index contributed by atoms with van der Waals surface area (Å²) in [5.74, 6) is 9.66. The van der Waals surface area contributed by atoms with E-state index in [0.29, 0.717) is 25.9 Å². The number of piperazine rings is 1. The number of aromatic nitrogens is 4. The van der Waals surface area contributed by atoms with Crippen LogP contribution in [-0.4, -0.2) is 106 Å². The molecule has 3 aromatic heterocycles. The predicted octanol–water partition coefficient (Wildman–Crippen LogP) is -0.443. The minimum Gasteiger partial charge on any atom is -0.395 e. The average molecular weight is 596 g/mol. The van der Waals surface area contributed by atoms with Gasteiger partial charge in [-0.3, -0.25) is 35.2 Å². The number of likely N-dealkylation sites (N-methyl/N-ethyl adjacent to an activating group) is 1. The van der Waals surface area contributed by atoms with Gasteiger partial charge in [0.1, 0.15) is 11.4 Å². The van der Waals surface area contributed by atoms with Gasteiger partial charge < -0.3 is 20.3 Å². The summed E-state index contributed by atoms with van der Waals surface area (Å²) in [5, 5.41) is 18.7. The molecule has 15 nitrogen and oxygen atoms in total. The van der Waals surface area contributed by atoms with E-state index in [0.717, 1.165) is 11.9 Å². The maximum absolute atomic E-state index is 14.8. The maximum Gasteiger partial charge on any atom is 0.295 e. The van der Waals surface area contributed by atoms with Crippen molar-refractivity contribution in [2.45, 2.75) is 6.29 Å². The molecule has 1 amide bonds. The Morgan fingerprint density at radius 1 is 1.23 bits per heavy atom. The van der Waals surface area contributed by atoms with Crippen molar-refractivity contribution < 1.29 is 23.9 Å². The second kappa shape index (κ2) is 14.5. The van der Waals surface area contributed by atoms with Crippen molar-refractivity contribution in [2.24, 2.45) is 11.7 Å². The number of aliphatic hydroxyl groups excluding tert-OH is 1. The van der Waals surface area contributed by atoms with Gasteiger partial charge in [-0.2, -0.15) is 5.10 Å². The maximum atomic E-state index is 14.8. The number of hydrogen-bond acceptors (Lipinski definition) is 12. The molecule has 0 aliphatic carbocycles. The highest BCUT2D eigenvalue weighted by molar-refractivity contribution is 6.45. The molecular formula is C27H34FN11O4. The van der Waals surface area contributed by atoms with E-state index >= 15 is 0 Å². The Morgan fingerprint density at radius 2 is 1.95 bits per heavy atom. The van der Waals surface area contributed by atoms with Crippen molar-refractivity contribution >= 4 is 34.6 Å². The summed E-state index contributed by atoms with van der Waals surface area (Å²) in [5.41, 5.74) is 4.24. The van der Waals surface area contributed by atoms with E-state index in [9.17, 15) is 18.8 Å². The number of amides is 1. The summed E-state index contributed by atoms with van der Waals surface area (Å²) in [6.07, 6.45) is 2.27. The Hall–Kier alpha value is -4.58. The van der Waals surface area contributed by atoms with Gasteiger partial charge >= 0.3 is 0 Å². The number of para-hydroxylation sites is 1.